The van der Waals surface area contributed by atoms with Gasteiger partial charge in [-0.15, -0.1) is 0 Å². The molecular weight excluding hydrogens is 412 g/mol. The van der Waals surface area contributed by atoms with Gasteiger partial charge in [-0.1, -0.05) is 54.1 Å². The minimum absolute atomic E-state index is 0.225. The molecule has 0 spiro atoms. The molecule has 1 aromatic heterocycles. The largest absolute Gasteiger partial charge is 0.376 e. The molecule has 0 bridgehead atoms. The van der Waals surface area contributed by atoms with Crippen molar-refractivity contribution in [3.8, 4) is 5.69 Å². The van der Waals surface area contributed by atoms with E-state index in [0.29, 0.717) is 23.0 Å². The molecule has 162 valence electrons. The van der Waals surface area contributed by atoms with Gasteiger partial charge in [-0.2, -0.15) is 5.10 Å². The Balaban J connectivity index is 1.42. The first-order valence-electron chi connectivity index (χ1n) is 10.5. The number of carbonyl (C=O) groups excluding carboxylic acids is 1. The molecule has 1 unspecified atom stereocenters. The van der Waals surface area contributed by atoms with Crippen LogP contribution in [0.25, 0.3) is 5.69 Å². The minimum atomic E-state index is -0.225. The zero-order valence-corrected chi connectivity index (χ0v) is 18.6. The zero-order valence-electron chi connectivity index (χ0n) is 17.8. The molecule has 1 aliphatic heterocycles. The number of carbonyl (C=O) groups is 1. The van der Waals surface area contributed by atoms with E-state index in [0.717, 1.165) is 37.5 Å². The number of para-hydroxylation sites is 1. The van der Waals surface area contributed by atoms with Crippen molar-refractivity contribution in [1.82, 2.24) is 20.0 Å². The van der Waals surface area contributed by atoms with E-state index in [1.165, 1.54) is 5.56 Å². The Morgan fingerprint density at radius 3 is 2.74 bits per heavy atom. The number of hydrogen-bond donors (Lipinski definition) is 1. The fraction of sp³-hybridized carbons (Fsp3) is 0.333. The fourth-order valence-electron chi connectivity index (χ4n) is 3.90. The smallest absolute Gasteiger partial charge is 0.256 e. The maximum Gasteiger partial charge on any atom is 0.256 e. The van der Waals surface area contributed by atoms with Crippen LogP contribution in [0.5, 0.6) is 0 Å². The van der Waals surface area contributed by atoms with Crippen LogP contribution in [-0.2, 0) is 17.8 Å². The van der Waals surface area contributed by atoms with Crippen LogP contribution in [0, 0.1) is 6.92 Å². The molecule has 1 fully saturated rings. The van der Waals surface area contributed by atoms with Gasteiger partial charge < -0.3 is 10.1 Å². The van der Waals surface area contributed by atoms with E-state index in [1.54, 1.807) is 11.6 Å². The van der Waals surface area contributed by atoms with Crippen molar-refractivity contribution in [3.63, 3.8) is 0 Å². The highest BCUT2D eigenvalue weighted by Crippen LogP contribution is 2.23. The number of aromatic nitrogens is 2. The predicted molar refractivity (Wildman–Crippen MR) is 122 cm³/mol. The van der Waals surface area contributed by atoms with Gasteiger partial charge in [0.2, 0.25) is 0 Å². The second kappa shape index (κ2) is 9.64. The number of nitrogens with one attached hydrogen (secondary N) is 1. The third kappa shape index (κ3) is 5.15. The number of morpholine rings is 1. The van der Waals surface area contributed by atoms with E-state index in [2.05, 4.69) is 34.4 Å². The molecule has 1 atom stereocenters. The summed E-state index contributed by atoms with van der Waals surface area (Å²) in [7, 11) is 0. The van der Waals surface area contributed by atoms with Gasteiger partial charge in [-0.3, -0.25) is 9.69 Å². The lowest BCUT2D eigenvalue weighted by Gasteiger charge is -2.31. The summed E-state index contributed by atoms with van der Waals surface area (Å²) < 4.78 is 7.21. The molecule has 0 saturated carbocycles. The molecule has 2 heterocycles. The molecule has 3 aromatic rings. The van der Waals surface area contributed by atoms with Gasteiger partial charge in [0.1, 0.15) is 5.15 Å². The summed E-state index contributed by atoms with van der Waals surface area (Å²) in [5.74, 6) is -0.225. The summed E-state index contributed by atoms with van der Waals surface area (Å²) in [5, 5.41) is 7.76. The van der Waals surface area contributed by atoms with Crippen LogP contribution >= 0.6 is 11.6 Å². The maximum atomic E-state index is 12.9. The van der Waals surface area contributed by atoms with Crippen LogP contribution in [0.2, 0.25) is 5.15 Å². The van der Waals surface area contributed by atoms with Gasteiger partial charge in [0.15, 0.2) is 0 Å². The molecule has 0 radical (unpaired) electrons. The molecule has 0 aliphatic carbocycles. The average Bonchev–Trinajstić information content (AvgIpc) is 3.07. The van der Waals surface area contributed by atoms with Gasteiger partial charge in [-0.05, 0) is 37.1 Å². The summed E-state index contributed by atoms with van der Waals surface area (Å²) in [6.07, 6.45) is 0.265. The van der Waals surface area contributed by atoms with Gasteiger partial charge in [0.05, 0.1) is 29.7 Å². The van der Waals surface area contributed by atoms with Crippen LogP contribution < -0.4 is 5.32 Å². The van der Waals surface area contributed by atoms with Crippen LogP contribution in [-0.4, -0.2) is 46.4 Å². The first kappa shape index (κ1) is 21.6. The summed E-state index contributed by atoms with van der Waals surface area (Å²) >= 11 is 6.51. The summed E-state index contributed by atoms with van der Waals surface area (Å²) in [5.41, 5.74) is 4.11. The molecule has 2 aromatic carbocycles. The monoisotopic (exact) mass is 438 g/mol. The maximum absolute atomic E-state index is 12.9. The number of hydrogen-bond acceptors (Lipinski definition) is 4. The second-order valence-electron chi connectivity index (χ2n) is 7.92. The molecule has 1 saturated heterocycles. The topological polar surface area (TPSA) is 59.4 Å². The van der Waals surface area contributed by atoms with E-state index in [1.807, 2.05) is 42.5 Å². The van der Waals surface area contributed by atoms with Crippen LogP contribution in [0.15, 0.2) is 54.6 Å². The first-order valence-corrected chi connectivity index (χ1v) is 10.9. The summed E-state index contributed by atoms with van der Waals surface area (Å²) in [6.45, 7) is 7.85. The molecule has 4 rings (SSSR count). The van der Waals surface area contributed by atoms with Crippen LogP contribution in [0.1, 0.15) is 34.1 Å². The van der Waals surface area contributed by atoms with Gasteiger partial charge in [-0.25, -0.2) is 4.68 Å². The molecule has 1 amide bonds. The highest BCUT2D eigenvalue weighted by atomic mass is 35.5. The lowest BCUT2D eigenvalue weighted by molar-refractivity contribution is -0.0212. The Bertz CT molecular complexity index is 1050. The van der Waals surface area contributed by atoms with E-state index >= 15 is 0 Å². The third-order valence-electron chi connectivity index (χ3n) is 5.41. The number of ether oxygens (including phenoxy) is 1. The van der Waals surface area contributed by atoms with Crippen molar-refractivity contribution >= 4 is 17.5 Å². The molecule has 7 heteroatoms. The zero-order chi connectivity index (χ0) is 21.8. The Morgan fingerprint density at radius 2 is 1.97 bits per heavy atom. The van der Waals surface area contributed by atoms with Gasteiger partial charge in [0.25, 0.3) is 5.91 Å². The number of benzene rings is 2. The first-order chi connectivity index (χ1) is 15.0. The Hall–Kier alpha value is -2.67. The second-order valence-corrected chi connectivity index (χ2v) is 8.28. The number of aryl methyl sites for hydroxylation is 1. The molecule has 6 nitrogen and oxygen atoms in total. The highest BCUT2D eigenvalue weighted by molar-refractivity contribution is 6.33. The molecule has 1 N–H and O–H groups in total. The Labute approximate surface area is 187 Å². The van der Waals surface area contributed by atoms with Gasteiger partial charge in [0, 0.05) is 26.2 Å². The lowest BCUT2D eigenvalue weighted by atomic mass is 10.1. The van der Waals surface area contributed by atoms with Crippen molar-refractivity contribution in [2.24, 2.45) is 0 Å². The standard InChI is InChI=1S/C24H27ClN4O2/c1-17-15-28(11-12-31-17)16-20-8-6-7-19(13-20)14-26-24(30)22-18(2)27-29(23(22)25)21-9-4-3-5-10-21/h3-10,13,17H,11-12,14-16H2,1-2H3,(H,26,30). The highest BCUT2D eigenvalue weighted by Gasteiger charge is 2.21. The minimum Gasteiger partial charge on any atom is -0.376 e. The Morgan fingerprint density at radius 1 is 1.19 bits per heavy atom. The van der Waals surface area contributed by atoms with E-state index < -0.39 is 0 Å². The van der Waals surface area contributed by atoms with Crippen molar-refractivity contribution < 1.29 is 9.53 Å². The molecular formula is C24H27ClN4O2. The Kier molecular flexibility index (Phi) is 6.70. The molecule has 1 aliphatic rings. The SMILES string of the molecule is Cc1nn(-c2ccccc2)c(Cl)c1C(=O)NCc1cccc(CN2CCOC(C)C2)c1. The van der Waals surface area contributed by atoms with Crippen LogP contribution in [0.3, 0.4) is 0 Å². The summed E-state index contributed by atoms with van der Waals surface area (Å²) in [4.78, 5) is 15.3. The normalized spacial score (nSPS) is 16.9. The summed E-state index contributed by atoms with van der Waals surface area (Å²) in [6, 6.07) is 17.9. The predicted octanol–water partition coefficient (Wildman–Crippen LogP) is 3.98. The fourth-order valence-corrected chi connectivity index (χ4v) is 4.26. The van der Waals surface area contributed by atoms with E-state index in [9.17, 15) is 4.79 Å². The van der Waals surface area contributed by atoms with Crippen molar-refractivity contribution in [1.29, 1.82) is 0 Å². The van der Waals surface area contributed by atoms with Crippen molar-refractivity contribution in [2.45, 2.75) is 33.0 Å². The number of nitrogens with zero attached hydrogens (tertiary/aromatic N) is 3. The molecule has 31 heavy (non-hydrogen) atoms. The quantitative estimate of drug-likeness (QED) is 0.632. The lowest BCUT2D eigenvalue weighted by Crippen LogP contribution is -2.40. The average molecular weight is 439 g/mol. The van der Waals surface area contributed by atoms with E-state index in [4.69, 9.17) is 16.3 Å². The third-order valence-corrected chi connectivity index (χ3v) is 5.76. The number of amides is 1. The van der Waals surface area contributed by atoms with E-state index in [-0.39, 0.29) is 12.0 Å². The van der Waals surface area contributed by atoms with Gasteiger partial charge >= 0.3 is 0 Å². The van der Waals surface area contributed by atoms with Crippen LogP contribution in [0.4, 0.5) is 0 Å². The number of halogens is 1. The van der Waals surface area contributed by atoms with Crippen molar-refractivity contribution in [2.75, 3.05) is 19.7 Å². The van der Waals surface area contributed by atoms with Crippen molar-refractivity contribution in [3.05, 3.63) is 82.1 Å². The number of rotatable bonds is 6.